The Bertz CT molecular complexity index is 557. The molecule has 0 unspecified atom stereocenters. The number of hydrogen-bond acceptors (Lipinski definition) is 4. The molecule has 0 spiro atoms. The number of nitriles is 1. The van der Waals surface area contributed by atoms with Gasteiger partial charge >= 0.3 is 0 Å². The van der Waals surface area contributed by atoms with E-state index in [-0.39, 0.29) is 5.41 Å². The fourth-order valence-electron chi connectivity index (χ4n) is 2.85. The lowest BCUT2D eigenvalue weighted by molar-refractivity contribution is 0.137. The monoisotopic (exact) mass is 298 g/mol. The Hall–Kier alpha value is -1.70. The maximum atomic E-state index is 9.39. The number of rotatable bonds is 4. The van der Waals surface area contributed by atoms with E-state index in [2.05, 4.69) is 48.2 Å². The molecular weight excluding hydrogens is 272 g/mol. The normalized spacial score (nSPS) is 17.2. The minimum absolute atomic E-state index is 0.0973. The van der Waals surface area contributed by atoms with Crippen LogP contribution >= 0.6 is 0 Å². The van der Waals surface area contributed by atoms with Gasteiger partial charge in [0.2, 0.25) is 0 Å². The summed E-state index contributed by atoms with van der Waals surface area (Å²) >= 11 is 0. The van der Waals surface area contributed by atoms with Crippen LogP contribution in [0.5, 0.6) is 0 Å². The molecule has 1 aromatic rings. The molecule has 22 heavy (non-hydrogen) atoms. The number of hydrogen-bond donors (Lipinski definition) is 0. The standard InChI is InChI=1S/C18H26N4/c1-5-6-21-7-9-22(10-8-21)14-15-11-16(12-19)17(20-13-15)18(2,3)4/h5,11,13H,1,6-10,14H2,2-4H3. The second-order valence-electron chi connectivity index (χ2n) is 6.97. The molecule has 1 saturated heterocycles. The van der Waals surface area contributed by atoms with E-state index in [0.29, 0.717) is 5.56 Å². The summed E-state index contributed by atoms with van der Waals surface area (Å²) in [6.07, 6.45) is 3.89. The second kappa shape index (κ2) is 7.04. The molecule has 0 amide bonds. The average molecular weight is 298 g/mol. The summed E-state index contributed by atoms with van der Waals surface area (Å²) < 4.78 is 0. The molecule has 1 fully saturated rings. The van der Waals surface area contributed by atoms with Crippen LogP contribution in [0.3, 0.4) is 0 Å². The van der Waals surface area contributed by atoms with Gasteiger partial charge in [0.15, 0.2) is 0 Å². The Morgan fingerprint density at radius 2 is 1.91 bits per heavy atom. The fraction of sp³-hybridized carbons (Fsp3) is 0.556. The average Bonchev–Trinajstić information content (AvgIpc) is 2.48. The van der Waals surface area contributed by atoms with Gasteiger partial charge in [-0.1, -0.05) is 26.8 Å². The van der Waals surface area contributed by atoms with Gasteiger partial charge in [0.05, 0.1) is 11.3 Å². The number of nitrogens with zero attached hydrogens (tertiary/aromatic N) is 4. The maximum Gasteiger partial charge on any atom is 0.101 e. The molecule has 0 radical (unpaired) electrons. The highest BCUT2D eigenvalue weighted by molar-refractivity contribution is 5.39. The molecule has 1 aliphatic heterocycles. The first-order chi connectivity index (χ1) is 10.4. The van der Waals surface area contributed by atoms with Crippen LogP contribution < -0.4 is 0 Å². The van der Waals surface area contributed by atoms with Crippen molar-refractivity contribution < 1.29 is 0 Å². The van der Waals surface area contributed by atoms with Gasteiger partial charge in [-0.3, -0.25) is 14.8 Å². The van der Waals surface area contributed by atoms with Crippen LogP contribution in [-0.4, -0.2) is 47.5 Å². The lowest BCUT2D eigenvalue weighted by Crippen LogP contribution is -2.45. The number of piperazine rings is 1. The molecule has 2 heterocycles. The van der Waals surface area contributed by atoms with Crippen molar-refractivity contribution in [3.8, 4) is 6.07 Å². The fourth-order valence-corrected chi connectivity index (χ4v) is 2.85. The van der Waals surface area contributed by atoms with Gasteiger partial charge in [0.25, 0.3) is 0 Å². The molecule has 0 bridgehead atoms. The minimum atomic E-state index is -0.0973. The summed E-state index contributed by atoms with van der Waals surface area (Å²) in [7, 11) is 0. The number of aromatic nitrogens is 1. The van der Waals surface area contributed by atoms with Crippen LogP contribution in [-0.2, 0) is 12.0 Å². The van der Waals surface area contributed by atoms with Crippen molar-refractivity contribution >= 4 is 0 Å². The Labute approximate surface area is 134 Å². The van der Waals surface area contributed by atoms with Gasteiger partial charge in [-0.2, -0.15) is 5.26 Å². The molecule has 0 aromatic carbocycles. The first kappa shape index (κ1) is 16.7. The van der Waals surface area contributed by atoms with Crippen LogP contribution in [0.4, 0.5) is 0 Å². The summed E-state index contributed by atoms with van der Waals surface area (Å²) in [6, 6.07) is 4.31. The quantitative estimate of drug-likeness (QED) is 0.801. The summed E-state index contributed by atoms with van der Waals surface area (Å²) in [6.45, 7) is 16.2. The van der Waals surface area contributed by atoms with Crippen molar-refractivity contribution in [3.05, 3.63) is 41.7 Å². The van der Waals surface area contributed by atoms with Gasteiger partial charge in [0.1, 0.15) is 6.07 Å². The lowest BCUT2D eigenvalue weighted by atomic mass is 9.88. The van der Waals surface area contributed by atoms with Crippen molar-refractivity contribution in [2.75, 3.05) is 32.7 Å². The van der Waals surface area contributed by atoms with E-state index in [9.17, 15) is 5.26 Å². The third-order valence-corrected chi connectivity index (χ3v) is 4.03. The molecule has 0 atom stereocenters. The molecule has 2 rings (SSSR count). The van der Waals surface area contributed by atoms with Crippen LogP contribution in [0.25, 0.3) is 0 Å². The molecule has 1 aromatic heterocycles. The molecule has 0 aliphatic carbocycles. The van der Waals surface area contributed by atoms with E-state index < -0.39 is 0 Å². The van der Waals surface area contributed by atoms with E-state index in [1.165, 1.54) is 0 Å². The molecule has 118 valence electrons. The zero-order chi connectivity index (χ0) is 16.2. The zero-order valence-electron chi connectivity index (χ0n) is 14.0. The third kappa shape index (κ3) is 4.16. The summed E-state index contributed by atoms with van der Waals surface area (Å²) in [5.74, 6) is 0. The largest absolute Gasteiger partial charge is 0.297 e. The van der Waals surface area contributed by atoms with E-state index in [4.69, 9.17) is 0 Å². The zero-order valence-corrected chi connectivity index (χ0v) is 14.0. The highest BCUT2D eigenvalue weighted by Gasteiger charge is 2.21. The van der Waals surface area contributed by atoms with E-state index in [0.717, 1.165) is 50.5 Å². The maximum absolute atomic E-state index is 9.39. The summed E-state index contributed by atoms with van der Waals surface area (Å²) in [5, 5.41) is 9.39. The number of pyridine rings is 1. The third-order valence-electron chi connectivity index (χ3n) is 4.03. The summed E-state index contributed by atoms with van der Waals surface area (Å²) in [4.78, 5) is 9.39. The van der Waals surface area contributed by atoms with Gasteiger partial charge in [-0.15, -0.1) is 6.58 Å². The molecule has 0 N–H and O–H groups in total. The van der Waals surface area contributed by atoms with Crippen molar-refractivity contribution in [2.24, 2.45) is 0 Å². The topological polar surface area (TPSA) is 43.2 Å². The molecule has 0 saturated carbocycles. The minimum Gasteiger partial charge on any atom is -0.297 e. The van der Waals surface area contributed by atoms with Crippen molar-refractivity contribution in [2.45, 2.75) is 32.7 Å². The van der Waals surface area contributed by atoms with Crippen LogP contribution in [0.2, 0.25) is 0 Å². The van der Waals surface area contributed by atoms with Gasteiger partial charge in [0, 0.05) is 50.9 Å². The Morgan fingerprint density at radius 1 is 1.27 bits per heavy atom. The smallest absolute Gasteiger partial charge is 0.101 e. The molecular formula is C18H26N4. The van der Waals surface area contributed by atoms with Crippen LogP contribution in [0, 0.1) is 11.3 Å². The van der Waals surface area contributed by atoms with Gasteiger partial charge in [-0.05, 0) is 11.6 Å². The van der Waals surface area contributed by atoms with Gasteiger partial charge in [-0.25, -0.2) is 0 Å². The highest BCUT2D eigenvalue weighted by Crippen LogP contribution is 2.24. The SMILES string of the molecule is C=CCN1CCN(Cc2cnc(C(C)(C)C)c(C#N)c2)CC1. The second-order valence-corrected chi connectivity index (χ2v) is 6.97. The van der Waals surface area contributed by atoms with Crippen molar-refractivity contribution in [1.29, 1.82) is 5.26 Å². The first-order valence-corrected chi connectivity index (χ1v) is 7.89. The Balaban J connectivity index is 2.03. The predicted molar refractivity (Wildman–Crippen MR) is 89.6 cm³/mol. The van der Waals surface area contributed by atoms with E-state index in [1.807, 2.05) is 18.3 Å². The first-order valence-electron chi connectivity index (χ1n) is 7.89. The predicted octanol–water partition coefficient (Wildman–Crippen LogP) is 2.55. The van der Waals surface area contributed by atoms with E-state index in [1.54, 1.807) is 0 Å². The Morgan fingerprint density at radius 3 is 2.45 bits per heavy atom. The molecule has 4 heteroatoms. The van der Waals surface area contributed by atoms with Gasteiger partial charge < -0.3 is 0 Å². The van der Waals surface area contributed by atoms with E-state index >= 15 is 0 Å². The van der Waals surface area contributed by atoms with Crippen molar-refractivity contribution in [1.82, 2.24) is 14.8 Å². The van der Waals surface area contributed by atoms with Crippen LogP contribution in [0.1, 0.15) is 37.6 Å². The molecule has 1 aliphatic rings. The summed E-state index contributed by atoms with van der Waals surface area (Å²) in [5.41, 5.74) is 2.62. The molecule has 4 nitrogen and oxygen atoms in total. The van der Waals surface area contributed by atoms with Crippen molar-refractivity contribution in [3.63, 3.8) is 0 Å². The highest BCUT2D eigenvalue weighted by atomic mass is 15.3. The Kier molecular flexibility index (Phi) is 5.33. The van der Waals surface area contributed by atoms with Crippen LogP contribution in [0.15, 0.2) is 24.9 Å². The lowest BCUT2D eigenvalue weighted by Gasteiger charge is -2.34.